The number of rotatable bonds is 4. The van der Waals surface area contributed by atoms with Gasteiger partial charge in [-0.2, -0.15) is 0 Å². The van der Waals surface area contributed by atoms with Gasteiger partial charge in [-0.25, -0.2) is 9.98 Å². The molecule has 0 N–H and O–H groups in total. The third-order valence-corrected chi connectivity index (χ3v) is 4.82. The summed E-state index contributed by atoms with van der Waals surface area (Å²) in [7, 11) is 1.94. The lowest BCUT2D eigenvalue weighted by Gasteiger charge is -2.10. The Bertz CT molecular complexity index is 734. The molecule has 0 amide bonds. The molecule has 0 heterocycles. The van der Waals surface area contributed by atoms with Gasteiger partial charge in [0.1, 0.15) is 0 Å². The maximum Gasteiger partial charge on any atom is 0.0961 e. The van der Waals surface area contributed by atoms with Crippen LogP contribution < -0.4 is 0 Å². The minimum Gasteiger partial charge on any atom is -0.326 e. The smallest absolute Gasteiger partial charge is 0.0961 e. The van der Waals surface area contributed by atoms with Crippen LogP contribution in [0.25, 0.3) is 0 Å². The van der Waals surface area contributed by atoms with Gasteiger partial charge < -0.3 is 4.90 Å². The Kier molecular flexibility index (Phi) is 5.55. The molecule has 0 bridgehead atoms. The number of aliphatic imine (C=N–C) groups is 2. The van der Waals surface area contributed by atoms with Crippen molar-refractivity contribution in [2.75, 3.05) is 7.05 Å². The number of benzene rings is 2. The molecule has 0 saturated carbocycles. The molecule has 2 aromatic rings. The first-order chi connectivity index (χ1) is 11.3. The van der Waals surface area contributed by atoms with Crippen LogP contribution in [0.1, 0.15) is 33.4 Å². The Morgan fingerprint density at radius 1 is 0.625 bits per heavy atom. The monoisotopic (exact) mass is 321 g/mol. The topological polar surface area (TPSA) is 28.0 Å². The molecule has 0 aromatic heterocycles. The van der Waals surface area contributed by atoms with E-state index in [1.165, 1.54) is 33.4 Å². The predicted molar refractivity (Wildman–Crippen MR) is 105 cm³/mol. The summed E-state index contributed by atoms with van der Waals surface area (Å²) in [5.41, 5.74) is 9.64. The fourth-order valence-electron chi connectivity index (χ4n) is 2.50. The van der Waals surface area contributed by atoms with E-state index in [9.17, 15) is 0 Å². The minimum atomic E-state index is 1.00. The summed E-state index contributed by atoms with van der Waals surface area (Å²) in [5, 5.41) is 0. The molecule has 0 atom stereocenters. The molecule has 0 aliphatic rings. The van der Waals surface area contributed by atoms with Gasteiger partial charge in [0.2, 0.25) is 0 Å². The van der Waals surface area contributed by atoms with Crippen molar-refractivity contribution in [2.24, 2.45) is 9.98 Å². The van der Waals surface area contributed by atoms with Gasteiger partial charge >= 0.3 is 0 Å². The van der Waals surface area contributed by atoms with Gasteiger partial charge in [-0.1, -0.05) is 12.1 Å². The second kappa shape index (κ2) is 7.43. The lowest BCUT2D eigenvalue weighted by atomic mass is 10.0. The summed E-state index contributed by atoms with van der Waals surface area (Å²) in [6.07, 6.45) is 3.61. The van der Waals surface area contributed by atoms with Crippen LogP contribution in [-0.4, -0.2) is 24.6 Å². The second-order valence-electron chi connectivity index (χ2n) is 6.46. The first-order valence-electron chi connectivity index (χ1n) is 8.25. The van der Waals surface area contributed by atoms with Crippen molar-refractivity contribution in [3.63, 3.8) is 0 Å². The van der Waals surface area contributed by atoms with Gasteiger partial charge in [-0.3, -0.25) is 0 Å². The normalized spacial score (nSPS) is 11.6. The quantitative estimate of drug-likeness (QED) is 0.540. The van der Waals surface area contributed by atoms with Crippen molar-refractivity contribution in [3.05, 3.63) is 57.6 Å². The largest absolute Gasteiger partial charge is 0.326 e. The van der Waals surface area contributed by atoms with Crippen LogP contribution in [0.4, 0.5) is 11.4 Å². The first-order valence-corrected chi connectivity index (χ1v) is 8.25. The van der Waals surface area contributed by atoms with Gasteiger partial charge in [-0.05, 0) is 87.1 Å². The molecular weight excluding hydrogens is 294 g/mol. The Labute approximate surface area is 145 Å². The zero-order chi connectivity index (χ0) is 17.9. The minimum absolute atomic E-state index is 1.00. The van der Waals surface area contributed by atoms with E-state index in [-0.39, 0.29) is 0 Å². The van der Waals surface area contributed by atoms with Crippen LogP contribution >= 0.6 is 0 Å². The standard InChI is InChI=1S/C21H27N3/c1-14-8-10-20(18(5)16(14)3)22-12-24(7)13-23-21-11-9-15(2)17(4)19(21)6/h8-13H,1-7H3/b22-12+,23-13+. The highest BCUT2D eigenvalue weighted by atomic mass is 15.1. The third kappa shape index (κ3) is 3.91. The van der Waals surface area contributed by atoms with Crippen LogP contribution in [0.2, 0.25) is 0 Å². The van der Waals surface area contributed by atoms with Crippen LogP contribution in [0.15, 0.2) is 34.3 Å². The summed E-state index contributed by atoms with van der Waals surface area (Å²) in [6, 6.07) is 8.35. The summed E-state index contributed by atoms with van der Waals surface area (Å²) >= 11 is 0. The number of nitrogens with zero attached hydrogens (tertiary/aromatic N) is 3. The molecule has 3 nitrogen and oxygen atoms in total. The van der Waals surface area contributed by atoms with Gasteiger partial charge in [0, 0.05) is 7.05 Å². The summed E-state index contributed by atoms with van der Waals surface area (Å²) < 4.78 is 0. The molecule has 2 aromatic carbocycles. The van der Waals surface area contributed by atoms with Gasteiger partial charge in [-0.15, -0.1) is 0 Å². The molecule has 126 valence electrons. The summed E-state index contributed by atoms with van der Waals surface area (Å²) in [6.45, 7) is 12.7. The summed E-state index contributed by atoms with van der Waals surface area (Å²) in [5.74, 6) is 0. The molecule has 0 unspecified atom stereocenters. The van der Waals surface area contributed by atoms with E-state index in [2.05, 4.69) is 75.8 Å². The fraction of sp³-hybridized carbons (Fsp3) is 0.333. The lowest BCUT2D eigenvalue weighted by molar-refractivity contribution is 0.801. The van der Waals surface area contributed by atoms with Crippen LogP contribution in [-0.2, 0) is 0 Å². The third-order valence-electron chi connectivity index (χ3n) is 4.82. The van der Waals surface area contributed by atoms with E-state index in [4.69, 9.17) is 0 Å². The van der Waals surface area contributed by atoms with Crippen molar-refractivity contribution >= 4 is 24.1 Å². The zero-order valence-electron chi connectivity index (χ0n) is 15.8. The maximum absolute atomic E-state index is 4.58. The average Bonchev–Trinajstić information content (AvgIpc) is 2.56. The molecule has 0 aliphatic heterocycles. The van der Waals surface area contributed by atoms with Crippen molar-refractivity contribution in [3.8, 4) is 0 Å². The van der Waals surface area contributed by atoms with Crippen LogP contribution in [0.3, 0.4) is 0 Å². The summed E-state index contributed by atoms with van der Waals surface area (Å²) in [4.78, 5) is 11.0. The van der Waals surface area contributed by atoms with E-state index in [1.54, 1.807) is 12.7 Å². The highest BCUT2D eigenvalue weighted by molar-refractivity contribution is 5.79. The van der Waals surface area contributed by atoms with Gasteiger partial charge in [0.05, 0.1) is 24.1 Å². The van der Waals surface area contributed by atoms with Crippen molar-refractivity contribution in [1.29, 1.82) is 0 Å². The van der Waals surface area contributed by atoms with E-state index in [0.29, 0.717) is 0 Å². The highest BCUT2D eigenvalue weighted by Crippen LogP contribution is 2.25. The molecule has 0 saturated heterocycles. The van der Waals surface area contributed by atoms with Crippen LogP contribution in [0.5, 0.6) is 0 Å². The van der Waals surface area contributed by atoms with E-state index in [1.807, 2.05) is 11.9 Å². The Balaban J connectivity index is 2.15. The molecule has 3 heteroatoms. The predicted octanol–water partition coefficient (Wildman–Crippen LogP) is 5.49. The lowest BCUT2D eigenvalue weighted by Crippen LogP contribution is -2.12. The Hall–Kier alpha value is -2.42. The van der Waals surface area contributed by atoms with Gasteiger partial charge in [0.25, 0.3) is 0 Å². The number of aryl methyl sites for hydroxylation is 2. The van der Waals surface area contributed by atoms with Crippen LogP contribution in [0, 0.1) is 41.5 Å². The molecular formula is C21H27N3. The van der Waals surface area contributed by atoms with Gasteiger partial charge in [0.15, 0.2) is 0 Å². The fourth-order valence-corrected chi connectivity index (χ4v) is 2.50. The van der Waals surface area contributed by atoms with E-state index >= 15 is 0 Å². The van der Waals surface area contributed by atoms with E-state index < -0.39 is 0 Å². The molecule has 0 fully saturated rings. The molecule has 0 aliphatic carbocycles. The number of hydrogen-bond donors (Lipinski definition) is 0. The van der Waals surface area contributed by atoms with Crippen molar-refractivity contribution in [1.82, 2.24) is 4.90 Å². The van der Waals surface area contributed by atoms with Crippen molar-refractivity contribution < 1.29 is 0 Å². The average molecular weight is 321 g/mol. The van der Waals surface area contributed by atoms with E-state index in [0.717, 1.165) is 11.4 Å². The highest BCUT2D eigenvalue weighted by Gasteiger charge is 2.03. The second-order valence-corrected chi connectivity index (χ2v) is 6.46. The number of hydrogen-bond acceptors (Lipinski definition) is 2. The molecule has 0 spiro atoms. The Morgan fingerprint density at radius 3 is 1.38 bits per heavy atom. The molecule has 0 radical (unpaired) electrons. The van der Waals surface area contributed by atoms with Crippen molar-refractivity contribution in [2.45, 2.75) is 41.5 Å². The first kappa shape index (κ1) is 17.9. The molecule has 2 rings (SSSR count). The Morgan fingerprint density at radius 2 is 1.00 bits per heavy atom. The zero-order valence-corrected chi connectivity index (χ0v) is 15.8. The SMILES string of the molecule is Cc1ccc(/N=C/N(C)/C=N/c2ccc(C)c(C)c2C)c(C)c1C. The molecule has 24 heavy (non-hydrogen) atoms. The maximum atomic E-state index is 4.58.